The molecule has 118 valence electrons. The molecule has 3 nitrogen and oxygen atoms in total. The molecular formula is C21H17NO2. The van der Waals surface area contributed by atoms with Gasteiger partial charge in [-0.15, -0.1) is 0 Å². The Hall–Kier alpha value is -2.94. The summed E-state index contributed by atoms with van der Waals surface area (Å²) >= 11 is 0. The fourth-order valence-corrected chi connectivity index (χ4v) is 3.74. The van der Waals surface area contributed by atoms with Crippen molar-refractivity contribution >= 4 is 5.69 Å². The predicted molar refractivity (Wildman–Crippen MR) is 96.1 cm³/mol. The Morgan fingerprint density at radius 2 is 1.46 bits per heavy atom. The number of nitrogens with zero attached hydrogens (tertiary/aromatic N) is 1. The van der Waals surface area contributed by atoms with Gasteiger partial charge < -0.3 is 0 Å². The molecule has 0 aliphatic heterocycles. The minimum absolute atomic E-state index is 0.160. The quantitative estimate of drug-likeness (QED) is 0.458. The van der Waals surface area contributed by atoms with Gasteiger partial charge in [0.1, 0.15) is 0 Å². The number of nitro benzene ring substituents is 1. The van der Waals surface area contributed by atoms with Crippen LogP contribution in [0.5, 0.6) is 0 Å². The first-order valence-corrected chi connectivity index (χ1v) is 7.98. The average molecular weight is 315 g/mol. The Kier molecular flexibility index (Phi) is 3.07. The van der Waals surface area contributed by atoms with Crippen molar-refractivity contribution in [2.75, 3.05) is 0 Å². The van der Waals surface area contributed by atoms with Gasteiger partial charge in [-0.25, -0.2) is 0 Å². The highest BCUT2D eigenvalue weighted by Gasteiger charge is 2.37. The molecule has 3 aromatic rings. The molecule has 0 N–H and O–H groups in total. The summed E-state index contributed by atoms with van der Waals surface area (Å²) in [7, 11) is 0. The van der Waals surface area contributed by atoms with Crippen LogP contribution in [-0.2, 0) is 5.41 Å². The second kappa shape index (κ2) is 5.03. The minimum atomic E-state index is -0.281. The lowest BCUT2D eigenvalue weighted by molar-refractivity contribution is -0.384. The van der Waals surface area contributed by atoms with Gasteiger partial charge in [-0.2, -0.15) is 0 Å². The highest BCUT2D eigenvalue weighted by Crippen LogP contribution is 2.51. The summed E-state index contributed by atoms with van der Waals surface area (Å²) < 4.78 is 0. The summed E-state index contributed by atoms with van der Waals surface area (Å²) in [4.78, 5) is 11.4. The van der Waals surface area contributed by atoms with Crippen LogP contribution in [0.4, 0.5) is 5.69 Å². The molecule has 0 fully saturated rings. The first-order valence-electron chi connectivity index (χ1n) is 7.98. The van der Waals surface area contributed by atoms with Crippen molar-refractivity contribution in [3.8, 4) is 22.3 Å². The molecule has 3 aromatic carbocycles. The molecule has 0 saturated carbocycles. The van der Waals surface area contributed by atoms with Crippen molar-refractivity contribution in [1.82, 2.24) is 0 Å². The SMILES string of the molecule is CC1(C)c2ccccc2-c2cc([N+](=O)[O-])c(-c3ccccc3)cc21. The van der Waals surface area contributed by atoms with Gasteiger partial charge in [0.05, 0.1) is 10.5 Å². The minimum Gasteiger partial charge on any atom is -0.258 e. The third kappa shape index (κ3) is 1.98. The van der Waals surface area contributed by atoms with Crippen LogP contribution in [0.15, 0.2) is 66.7 Å². The molecular weight excluding hydrogens is 298 g/mol. The lowest BCUT2D eigenvalue weighted by atomic mass is 9.81. The van der Waals surface area contributed by atoms with Crippen LogP contribution in [0, 0.1) is 10.1 Å². The van der Waals surface area contributed by atoms with Gasteiger partial charge in [0.25, 0.3) is 5.69 Å². The second-order valence-corrected chi connectivity index (χ2v) is 6.71. The molecule has 0 heterocycles. The molecule has 0 spiro atoms. The van der Waals surface area contributed by atoms with Gasteiger partial charge in [-0.1, -0.05) is 68.4 Å². The number of rotatable bonds is 2. The van der Waals surface area contributed by atoms with E-state index in [1.165, 1.54) is 5.56 Å². The van der Waals surface area contributed by atoms with E-state index in [9.17, 15) is 10.1 Å². The summed E-state index contributed by atoms with van der Waals surface area (Å²) in [5.74, 6) is 0. The molecule has 1 aliphatic carbocycles. The van der Waals surface area contributed by atoms with Crippen LogP contribution >= 0.6 is 0 Å². The van der Waals surface area contributed by atoms with Crippen LogP contribution < -0.4 is 0 Å². The average Bonchev–Trinajstić information content (AvgIpc) is 2.82. The van der Waals surface area contributed by atoms with Gasteiger partial charge in [-0.3, -0.25) is 10.1 Å². The molecule has 0 amide bonds. The van der Waals surface area contributed by atoms with Crippen molar-refractivity contribution in [3.05, 3.63) is 88.0 Å². The summed E-state index contributed by atoms with van der Waals surface area (Å²) in [6.07, 6.45) is 0. The van der Waals surface area contributed by atoms with E-state index in [4.69, 9.17) is 0 Å². The number of nitro groups is 1. The molecule has 1 aliphatic rings. The number of fused-ring (bicyclic) bond motifs is 3. The first kappa shape index (κ1) is 14.6. The maximum absolute atomic E-state index is 11.7. The smallest absolute Gasteiger partial charge is 0.258 e. The molecule has 0 aromatic heterocycles. The maximum Gasteiger partial charge on any atom is 0.277 e. The van der Waals surface area contributed by atoms with Gasteiger partial charge in [0.15, 0.2) is 0 Å². The summed E-state index contributed by atoms with van der Waals surface area (Å²) in [5, 5.41) is 11.7. The van der Waals surface area contributed by atoms with Crippen LogP contribution in [0.2, 0.25) is 0 Å². The van der Waals surface area contributed by atoms with Crippen LogP contribution in [0.3, 0.4) is 0 Å². The zero-order valence-corrected chi connectivity index (χ0v) is 13.6. The van der Waals surface area contributed by atoms with E-state index < -0.39 is 0 Å². The summed E-state index contributed by atoms with van der Waals surface area (Å²) in [6.45, 7) is 4.36. The zero-order valence-electron chi connectivity index (χ0n) is 13.6. The van der Waals surface area contributed by atoms with E-state index >= 15 is 0 Å². The molecule has 0 bridgehead atoms. The molecule has 0 unspecified atom stereocenters. The Morgan fingerprint density at radius 1 is 0.792 bits per heavy atom. The van der Waals surface area contributed by atoms with E-state index in [0.29, 0.717) is 5.56 Å². The van der Waals surface area contributed by atoms with E-state index in [2.05, 4.69) is 26.0 Å². The Balaban J connectivity index is 2.05. The van der Waals surface area contributed by atoms with Gasteiger partial charge in [0, 0.05) is 11.5 Å². The number of benzene rings is 3. The molecule has 24 heavy (non-hydrogen) atoms. The number of hydrogen-bond acceptors (Lipinski definition) is 2. The molecule has 0 saturated heterocycles. The van der Waals surface area contributed by atoms with Crippen LogP contribution in [0.1, 0.15) is 25.0 Å². The van der Waals surface area contributed by atoms with Gasteiger partial charge in [-0.05, 0) is 33.9 Å². The molecule has 0 radical (unpaired) electrons. The van der Waals surface area contributed by atoms with Crippen molar-refractivity contribution in [1.29, 1.82) is 0 Å². The fraction of sp³-hybridized carbons (Fsp3) is 0.143. The highest BCUT2D eigenvalue weighted by atomic mass is 16.6. The van der Waals surface area contributed by atoms with E-state index in [1.807, 2.05) is 48.5 Å². The fourth-order valence-electron chi connectivity index (χ4n) is 3.74. The summed E-state index contributed by atoms with van der Waals surface area (Å²) in [5.41, 5.74) is 5.99. The third-order valence-corrected chi connectivity index (χ3v) is 4.98. The van der Waals surface area contributed by atoms with Gasteiger partial charge in [0.2, 0.25) is 0 Å². The Labute approximate surface area is 140 Å². The monoisotopic (exact) mass is 315 g/mol. The van der Waals surface area contributed by atoms with Gasteiger partial charge >= 0.3 is 0 Å². The first-order chi connectivity index (χ1) is 11.5. The Morgan fingerprint density at radius 3 is 2.17 bits per heavy atom. The topological polar surface area (TPSA) is 43.1 Å². The maximum atomic E-state index is 11.7. The van der Waals surface area contributed by atoms with Crippen LogP contribution in [0.25, 0.3) is 22.3 Å². The molecule has 4 rings (SSSR count). The lowest BCUT2D eigenvalue weighted by Crippen LogP contribution is -2.15. The normalized spacial score (nSPS) is 14.1. The van der Waals surface area contributed by atoms with Crippen molar-refractivity contribution in [2.45, 2.75) is 19.3 Å². The summed E-state index contributed by atoms with van der Waals surface area (Å²) in [6, 6.07) is 21.5. The largest absolute Gasteiger partial charge is 0.277 e. The zero-order chi connectivity index (χ0) is 16.9. The highest BCUT2D eigenvalue weighted by molar-refractivity contribution is 5.87. The predicted octanol–water partition coefficient (Wildman–Crippen LogP) is 5.57. The molecule has 3 heteroatoms. The number of hydrogen-bond donors (Lipinski definition) is 0. The van der Waals surface area contributed by atoms with Crippen LogP contribution in [-0.4, -0.2) is 4.92 Å². The lowest BCUT2D eigenvalue weighted by Gasteiger charge is -2.22. The standard InChI is InChI=1S/C21H17NO2/c1-21(2)18-11-7-6-10-15(18)17-13-20(22(23)24)16(12-19(17)21)14-8-4-3-5-9-14/h3-13H,1-2H3. The third-order valence-electron chi connectivity index (χ3n) is 4.98. The van der Waals surface area contributed by atoms with Crippen molar-refractivity contribution in [3.63, 3.8) is 0 Å². The Bertz CT molecular complexity index is 959. The van der Waals surface area contributed by atoms with Crippen molar-refractivity contribution in [2.24, 2.45) is 0 Å². The second-order valence-electron chi connectivity index (χ2n) is 6.71. The van der Waals surface area contributed by atoms with E-state index in [-0.39, 0.29) is 16.0 Å². The van der Waals surface area contributed by atoms with E-state index in [0.717, 1.165) is 22.3 Å². The molecule has 0 atom stereocenters. The van der Waals surface area contributed by atoms with E-state index in [1.54, 1.807) is 6.07 Å². The van der Waals surface area contributed by atoms with Crippen molar-refractivity contribution < 1.29 is 4.92 Å².